The molecule has 0 aromatic rings. The van der Waals surface area contributed by atoms with Gasteiger partial charge in [0.15, 0.2) is 0 Å². The van der Waals surface area contributed by atoms with Gasteiger partial charge >= 0.3 is 5.97 Å². The monoisotopic (exact) mass is 214 g/mol. The topological polar surface area (TPSA) is 57.5 Å². The predicted molar refractivity (Wildman–Crippen MR) is 60.8 cm³/mol. The van der Waals surface area contributed by atoms with Crippen LogP contribution in [-0.4, -0.2) is 22.3 Å². The van der Waals surface area contributed by atoms with Crippen molar-refractivity contribution in [2.45, 2.75) is 58.0 Å². The molecular formula is C12H22O3. The molecule has 0 bridgehead atoms. The first-order chi connectivity index (χ1) is 7.16. The zero-order valence-corrected chi connectivity index (χ0v) is 9.48. The van der Waals surface area contributed by atoms with Crippen LogP contribution in [0.5, 0.6) is 0 Å². The Labute approximate surface area is 91.8 Å². The Morgan fingerprint density at radius 3 is 2.60 bits per heavy atom. The third-order valence-corrected chi connectivity index (χ3v) is 2.21. The summed E-state index contributed by atoms with van der Waals surface area (Å²) in [5.41, 5.74) is 0. The number of hydrogen-bond donors (Lipinski definition) is 2. The molecule has 0 aliphatic carbocycles. The largest absolute Gasteiger partial charge is 0.481 e. The average Bonchev–Trinajstić information content (AvgIpc) is 2.15. The summed E-state index contributed by atoms with van der Waals surface area (Å²) in [6.07, 6.45) is 9.41. The number of carboxylic acids is 1. The molecule has 15 heavy (non-hydrogen) atoms. The number of rotatable bonds is 9. The van der Waals surface area contributed by atoms with Crippen molar-refractivity contribution in [3.05, 3.63) is 12.2 Å². The van der Waals surface area contributed by atoms with Crippen molar-refractivity contribution in [3.63, 3.8) is 0 Å². The Kier molecular flexibility index (Phi) is 9.18. The first-order valence-electron chi connectivity index (χ1n) is 5.71. The Bertz CT molecular complexity index is 187. The second-order valence-electron chi connectivity index (χ2n) is 3.81. The fraction of sp³-hybridized carbons (Fsp3) is 0.750. The van der Waals surface area contributed by atoms with Gasteiger partial charge in [0.2, 0.25) is 0 Å². The van der Waals surface area contributed by atoms with Crippen LogP contribution in [0.2, 0.25) is 0 Å². The average molecular weight is 214 g/mol. The van der Waals surface area contributed by atoms with Gasteiger partial charge in [0.25, 0.3) is 0 Å². The standard InChI is InChI=1S/C12H22O3/c1-2-3-4-5-6-7-8-9-11(13)10-12(14)15/h7-8,11,13H,2-6,9-10H2,1H3,(H,14,15)/b8-7-/t11-/m0/s1. The van der Waals surface area contributed by atoms with E-state index in [1.54, 1.807) is 0 Å². The summed E-state index contributed by atoms with van der Waals surface area (Å²) >= 11 is 0. The summed E-state index contributed by atoms with van der Waals surface area (Å²) in [7, 11) is 0. The molecule has 0 saturated heterocycles. The normalized spacial score (nSPS) is 13.2. The van der Waals surface area contributed by atoms with Crippen molar-refractivity contribution in [1.29, 1.82) is 0 Å². The number of aliphatic hydroxyl groups excluding tert-OH is 1. The van der Waals surface area contributed by atoms with Gasteiger partial charge in [0.1, 0.15) is 0 Å². The zero-order chi connectivity index (χ0) is 11.5. The molecule has 0 aromatic heterocycles. The molecule has 0 aliphatic heterocycles. The van der Waals surface area contributed by atoms with Gasteiger partial charge in [-0.15, -0.1) is 0 Å². The van der Waals surface area contributed by atoms with Crippen LogP contribution >= 0.6 is 0 Å². The molecule has 0 saturated carbocycles. The maximum Gasteiger partial charge on any atom is 0.305 e. The molecule has 88 valence electrons. The van der Waals surface area contributed by atoms with E-state index >= 15 is 0 Å². The van der Waals surface area contributed by atoms with E-state index in [-0.39, 0.29) is 6.42 Å². The second kappa shape index (κ2) is 9.71. The lowest BCUT2D eigenvalue weighted by atomic mass is 10.1. The van der Waals surface area contributed by atoms with E-state index in [2.05, 4.69) is 6.92 Å². The third kappa shape index (κ3) is 11.1. The van der Waals surface area contributed by atoms with Gasteiger partial charge in [-0.3, -0.25) is 4.79 Å². The van der Waals surface area contributed by atoms with Crippen LogP contribution in [0.4, 0.5) is 0 Å². The van der Waals surface area contributed by atoms with Crippen molar-refractivity contribution < 1.29 is 15.0 Å². The third-order valence-electron chi connectivity index (χ3n) is 2.21. The van der Waals surface area contributed by atoms with Gasteiger partial charge in [-0.1, -0.05) is 38.3 Å². The number of unbranched alkanes of at least 4 members (excludes halogenated alkanes) is 4. The quantitative estimate of drug-likeness (QED) is 0.458. The van der Waals surface area contributed by atoms with Crippen LogP contribution in [-0.2, 0) is 4.79 Å². The summed E-state index contributed by atoms with van der Waals surface area (Å²) in [5, 5.41) is 17.6. The molecule has 0 amide bonds. The minimum Gasteiger partial charge on any atom is -0.481 e. The molecule has 0 spiro atoms. The number of carbonyl (C=O) groups is 1. The lowest BCUT2D eigenvalue weighted by Gasteiger charge is -2.02. The molecule has 0 aliphatic rings. The maximum atomic E-state index is 10.2. The van der Waals surface area contributed by atoms with Gasteiger partial charge in [-0.2, -0.15) is 0 Å². The Hall–Kier alpha value is -0.830. The molecule has 0 radical (unpaired) electrons. The second-order valence-corrected chi connectivity index (χ2v) is 3.81. The molecule has 0 heterocycles. The molecule has 0 aromatic carbocycles. The van der Waals surface area contributed by atoms with Gasteiger partial charge in [0.05, 0.1) is 12.5 Å². The number of carboxylic acid groups (broad SMARTS) is 1. The highest BCUT2D eigenvalue weighted by molar-refractivity contribution is 5.67. The first kappa shape index (κ1) is 14.2. The number of aliphatic hydroxyl groups is 1. The molecule has 0 unspecified atom stereocenters. The lowest BCUT2D eigenvalue weighted by Crippen LogP contribution is -2.11. The van der Waals surface area contributed by atoms with Gasteiger partial charge in [0, 0.05) is 0 Å². The van der Waals surface area contributed by atoms with Crippen LogP contribution < -0.4 is 0 Å². The van der Waals surface area contributed by atoms with Gasteiger partial charge < -0.3 is 10.2 Å². The Balaban J connectivity index is 3.33. The van der Waals surface area contributed by atoms with E-state index in [0.29, 0.717) is 6.42 Å². The summed E-state index contributed by atoms with van der Waals surface area (Å²) in [4.78, 5) is 10.2. The molecular weight excluding hydrogens is 192 g/mol. The van der Waals surface area contributed by atoms with E-state index in [1.165, 1.54) is 25.7 Å². The fourth-order valence-electron chi connectivity index (χ4n) is 1.35. The Morgan fingerprint density at radius 1 is 1.27 bits per heavy atom. The maximum absolute atomic E-state index is 10.2. The van der Waals surface area contributed by atoms with Crippen molar-refractivity contribution in [2.24, 2.45) is 0 Å². The first-order valence-corrected chi connectivity index (χ1v) is 5.71. The molecule has 2 N–H and O–H groups in total. The SMILES string of the molecule is CCCCCC/C=C\C[C@H](O)CC(=O)O. The fourth-order valence-corrected chi connectivity index (χ4v) is 1.35. The zero-order valence-electron chi connectivity index (χ0n) is 9.48. The smallest absolute Gasteiger partial charge is 0.305 e. The lowest BCUT2D eigenvalue weighted by molar-refractivity contribution is -0.139. The highest BCUT2D eigenvalue weighted by Gasteiger charge is 2.06. The van der Waals surface area contributed by atoms with Crippen molar-refractivity contribution in [3.8, 4) is 0 Å². The molecule has 0 fully saturated rings. The van der Waals surface area contributed by atoms with E-state index in [1.807, 2.05) is 12.2 Å². The molecule has 3 heteroatoms. The van der Waals surface area contributed by atoms with Crippen molar-refractivity contribution in [1.82, 2.24) is 0 Å². The summed E-state index contributed by atoms with van der Waals surface area (Å²) in [6.45, 7) is 2.18. The Morgan fingerprint density at radius 2 is 2.00 bits per heavy atom. The summed E-state index contributed by atoms with van der Waals surface area (Å²) < 4.78 is 0. The van der Waals surface area contributed by atoms with Gasteiger partial charge in [-0.05, 0) is 19.3 Å². The molecule has 0 rings (SSSR count). The van der Waals surface area contributed by atoms with E-state index in [9.17, 15) is 9.90 Å². The number of aliphatic carboxylic acids is 1. The summed E-state index contributed by atoms with van der Waals surface area (Å²) in [6, 6.07) is 0. The van der Waals surface area contributed by atoms with Crippen LogP contribution in [0, 0.1) is 0 Å². The van der Waals surface area contributed by atoms with Crippen molar-refractivity contribution in [2.75, 3.05) is 0 Å². The van der Waals surface area contributed by atoms with Crippen LogP contribution in [0.3, 0.4) is 0 Å². The van der Waals surface area contributed by atoms with Gasteiger partial charge in [-0.25, -0.2) is 0 Å². The van der Waals surface area contributed by atoms with Crippen LogP contribution in [0.1, 0.15) is 51.9 Å². The minimum absolute atomic E-state index is 0.166. The van der Waals surface area contributed by atoms with E-state index in [4.69, 9.17) is 5.11 Å². The summed E-state index contributed by atoms with van der Waals surface area (Å²) in [5.74, 6) is -0.946. The van der Waals surface area contributed by atoms with Crippen LogP contribution in [0.15, 0.2) is 12.2 Å². The van der Waals surface area contributed by atoms with E-state index in [0.717, 1.165) is 6.42 Å². The highest BCUT2D eigenvalue weighted by atomic mass is 16.4. The minimum atomic E-state index is -0.946. The number of allylic oxidation sites excluding steroid dienone is 1. The van der Waals surface area contributed by atoms with E-state index < -0.39 is 12.1 Å². The number of hydrogen-bond acceptors (Lipinski definition) is 2. The highest BCUT2D eigenvalue weighted by Crippen LogP contribution is 2.04. The van der Waals surface area contributed by atoms with Crippen LogP contribution in [0.25, 0.3) is 0 Å². The predicted octanol–water partition coefficient (Wildman–Crippen LogP) is 2.74. The molecule has 3 nitrogen and oxygen atoms in total. The van der Waals surface area contributed by atoms with Crippen molar-refractivity contribution >= 4 is 5.97 Å². The molecule has 1 atom stereocenters.